The van der Waals surface area contributed by atoms with Crippen LogP contribution in [0.25, 0.3) is 0 Å². The molecular formula is C42H60N2O6. The van der Waals surface area contributed by atoms with Gasteiger partial charge in [0.15, 0.2) is 0 Å². The van der Waals surface area contributed by atoms with Gasteiger partial charge in [0.1, 0.15) is 13.4 Å². The molecule has 0 aliphatic carbocycles. The number of alkyl carbamates (subject to hydrolysis) is 1. The molecule has 0 spiro atoms. The van der Waals surface area contributed by atoms with Crippen LogP contribution >= 0.6 is 0 Å². The number of carbonyl (C=O) groups excluding carboxylic acids is 2. The van der Waals surface area contributed by atoms with Crippen molar-refractivity contribution < 1.29 is 28.5 Å². The van der Waals surface area contributed by atoms with Crippen molar-refractivity contribution in [3.8, 4) is 0 Å². The van der Waals surface area contributed by atoms with Crippen molar-refractivity contribution in [2.75, 3.05) is 19.9 Å². The molecule has 2 N–H and O–H groups in total. The summed E-state index contributed by atoms with van der Waals surface area (Å²) in [6.45, 7) is 4.24. The topological polar surface area (TPSA) is 95.1 Å². The van der Waals surface area contributed by atoms with E-state index in [4.69, 9.17) is 18.9 Å². The van der Waals surface area contributed by atoms with E-state index in [1.807, 2.05) is 78.9 Å². The highest BCUT2D eigenvalue weighted by molar-refractivity contribution is 5.76. The van der Waals surface area contributed by atoms with Gasteiger partial charge >= 0.3 is 6.09 Å². The molecule has 0 fully saturated rings. The first-order valence-electron chi connectivity index (χ1n) is 18.7. The Morgan fingerprint density at radius 1 is 0.620 bits per heavy atom. The maximum absolute atomic E-state index is 13.4. The molecule has 2 amide bonds. The Labute approximate surface area is 300 Å². The lowest BCUT2D eigenvalue weighted by Gasteiger charge is -2.22. The standard InChI is InChI=1S/C42H60N2O6/c1-2-3-4-5-6-7-8-9-19-28-40(49-32-37-23-15-11-16-24-37)30-41(45)44-39(34-48-35-47-31-36-21-13-10-14-22-36)27-20-29-43-42(46)50-33-38-25-17-12-18-26-38/h10-18,21-26,39-40H,2-9,19-20,27-35H2,1H3,(H,43,46)(H,44,45)/t39-,40-/m1/s1. The molecule has 3 aromatic rings. The first-order chi connectivity index (χ1) is 24.6. The van der Waals surface area contributed by atoms with Gasteiger partial charge in [-0.3, -0.25) is 4.79 Å². The second-order valence-corrected chi connectivity index (χ2v) is 13.0. The SMILES string of the molecule is CCCCCCCCCCC[C@H](CC(=O)N[C@H](CCCNC(=O)OCc1ccccc1)COCOCc1ccccc1)OCc1ccccc1. The summed E-state index contributed by atoms with van der Waals surface area (Å²) in [7, 11) is 0. The van der Waals surface area contributed by atoms with Gasteiger partial charge < -0.3 is 29.6 Å². The van der Waals surface area contributed by atoms with Crippen LogP contribution < -0.4 is 10.6 Å². The summed E-state index contributed by atoms with van der Waals surface area (Å²) in [5, 5.41) is 5.99. The molecule has 0 bridgehead atoms. The van der Waals surface area contributed by atoms with E-state index in [1.165, 1.54) is 44.9 Å². The summed E-state index contributed by atoms with van der Waals surface area (Å²) >= 11 is 0. The highest BCUT2D eigenvalue weighted by atomic mass is 16.7. The number of amides is 2. The zero-order valence-corrected chi connectivity index (χ0v) is 30.2. The summed E-state index contributed by atoms with van der Waals surface area (Å²) in [5.41, 5.74) is 3.10. The average Bonchev–Trinajstić information content (AvgIpc) is 3.15. The van der Waals surface area contributed by atoms with E-state index in [0.717, 1.165) is 36.0 Å². The molecular weight excluding hydrogens is 628 g/mol. The van der Waals surface area contributed by atoms with Crippen LogP contribution in [0.1, 0.15) is 107 Å². The predicted molar refractivity (Wildman–Crippen MR) is 199 cm³/mol. The molecule has 8 nitrogen and oxygen atoms in total. The van der Waals surface area contributed by atoms with Crippen LogP contribution in [0, 0.1) is 0 Å². The van der Waals surface area contributed by atoms with Crippen molar-refractivity contribution in [2.45, 2.75) is 122 Å². The van der Waals surface area contributed by atoms with E-state index in [0.29, 0.717) is 39.2 Å². The van der Waals surface area contributed by atoms with Crippen molar-refractivity contribution in [1.82, 2.24) is 10.6 Å². The van der Waals surface area contributed by atoms with Gasteiger partial charge in [0.25, 0.3) is 0 Å². The van der Waals surface area contributed by atoms with E-state index in [9.17, 15) is 9.59 Å². The summed E-state index contributed by atoms with van der Waals surface area (Å²) in [6.07, 6.45) is 13.0. The first-order valence-corrected chi connectivity index (χ1v) is 18.7. The number of carbonyl (C=O) groups is 2. The van der Waals surface area contributed by atoms with E-state index < -0.39 is 6.09 Å². The molecule has 2 atom stereocenters. The van der Waals surface area contributed by atoms with Gasteiger partial charge in [-0.1, -0.05) is 156 Å². The summed E-state index contributed by atoms with van der Waals surface area (Å²) < 4.78 is 23.2. The Morgan fingerprint density at radius 3 is 1.80 bits per heavy atom. The molecule has 3 rings (SSSR count). The maximum Gasteiger partial charge on any atom is 0.407 e. The highest BCUT2D eigenvalue weighted by Gasteiger charge is 2.19. The Hall–Kier alpha value is -3.72. The van der Waals surface area contributed by atoms with Crippen LogP contribution in [-0.2, 0) is 43.6 Å². The summed E-state index contributed by atoms with van der Waals surface area (Å²) in [5.74, 6) is -0.0620. The largest absolute Gasteiger partial charge is 0.445 e. The van der Waals surface area contributed by atoms with E-state index in [2.05, 4.69) is 29.7 Å². The van der Waals surface area contributed by atoms with Gasteiger partial charge in [-0.2, -0.15) is 0 Å². The third-order valence-electron chi connectivity index (χ3n) is 8.55. The third kappa shape index (κ3) is 20.1. The Kier molecular flexibility index (Phi) is 22.0. The number of nitrogens with one attached hydrogen (secondary N) is 2. The van der Waals surface area contributed by atoms with Crippen molar-refractivity contribution in [3.05, 3.63) is 108 Å². The van der Waals surface area contributed by atoms with Gasteiger partial charge in [0, 0.05) is 6.54 Å². The number of hydrogen-bond donors (Lipinski definition) is 2. The van der Waals surface area contributed by atoms with Crippen LogP contribution in [0.4, 0.5) is 4.79 Å². The van der Waals surface area contributed by atoms with Gasteiger partial charge in [-0.05, 0) is 36.0 Å². The second kappa shape index (κ2) is 27.1. The van der Waals surface area contributed by atoms with Gasteiger partial charge in [0.2, 0.25) is 5.91 Å². The van der Waals surface area contributed by atoms with E-state index in [1.54, 1.807) is 0 Å². The van der Waals surface area contributed by atoms with Gasteiger partial charge in [-0.25, -0.2) is 4.79 Å². The lowest BCUT2D eigenvalue weighted by atomic mass is 10.0. The minimum atomic E-state index is -0.463. The Bertz CT molecular complexity index is 1260. The van der Waals surface area contributed by atoms with E-state index >= 15 is 0 Å². The minimum absolute atomic E-state index is 0.0620. The Morgan fingerprint density at radius 2 is 1.18 bits per heavy atom. The molecule has 0 saturated carbocycles. The maximum atomic E-state index is 13.4. The van der Waals surface area contributed by atoms with Crippen LogP contribution in [0.15, 0.2) is 91.0 Å². The van der Waals surface area contributed by atoms with Crippen molar-refractivity contribution in [3.63, 3.8) is 0 Å². The quantitative estimate of drug-likeness (QED) is 0.0584. The normalized spacial score (nSPS) is 12.3. The molecule has 0 radical (unpaired) electrons. The lowest BCUT2D eigenvalue weighted by Crippen LogP contribution is -2.40. The zero-order chi connectivity index (χ0) is 35.3. The minimum Gasteiger partial charge on any atom is -0.445 e. The van der Waals surface area contributed by atoms with Crippen LogP contribution in [0.3, 0.4) is 0 Å². The molecule has 50 heavy (non-hydrogen) atoms. The van der Waals surface area contributed by atoms with Crippen LogP contribution in [0.2, 0.25) is 0 Å². The molecule has 0 aromatic heterocycles. The fraction of sp³-hybridized carbons (Fsp3) is 0.524. The van der Waals surface area contributed by atoms with Crippen molar-refractivity contribution >= 4 is 12.0 Å². The number of hydrogen-bond acceptors (Lipinski definition) is 6. The first kappa shape index (κ1) is 40.7. The molecule has 3 aromatic carbocycles. The molecule has 274 valence electrons. The summed E-state index contributed by atoms with van der Waals surface area (Å²) in [6, 6.07) is 29.4. The molecule has 0 saturated heterocycles. The molecule has 0 aliphatic rings. The van der Waals surface area contributed by atoms with Crippen molar-refractivity contribution in [1.29, 1.82) is 0 Å². The number of ether oxygens (including phenoxy) is 4. The highest BCUT2D eigenvalue weighted by Crippen LogP contribution is 2.16. The third-order valence-corrected chi connectivity index (χ3v) is 8.55. The summed E-state index contributed by atoms with van der Waals surface area (Å²) in [4.78, 5) is 25.6. The molecule has 0 unspecified atom stereocenters. The van der Waals surface area contributed by atoms with E-state index in [-0.39, 0.29) is 37.9 Å². The molecule has 8 heteroatoms. The van der Waals surface area contributed by atoms with Crippen LogP contribution in [-0.4, -0.2) is 44.1 Å². The monoisotopic (exact) mass is 688 g/mol. The lowest BCUT2D eigenvalue weighted by molar-refractivity contribution is -0.126. The van der Waals surface area contributed by atoms with Gasteiger partial charge in [-0.15, -0.1) is 0 Å². The predicted octanol–water partition coefficient (Wildman–Crippen LogP) is 9.27. The van der Waals surface area contributed by atoms with Gasteiger partial charge in [0.05, 0.1) is 38.4 Å². The van der Waals surface area contributed by atoms with Crippen molar-refractivity contribution in [2.24, 2.45) is 0 Å². The zero-order valence-electron chi connectivity index (χ0n) is 30.2. The molecule has 0 aliphatic heterocycles. The number of unbranched alkanes of at least 4 members (excludes halogenated alkanes) is 8. The van der Waals surface area contributed by atoms with Crippen LogP contribution in [0.5, 0.6) is 0 Å². The smallest absolute Gasteiger partial charge is 0.407 e. The fourth-order valence-corrected chi connectivity index (χ4v) is 5.70. The Balaban J connectivity index is 1.46. The molecule has 0 heterocycles. The fourth-order valence-electron chi connectivity index (χ4n) is 5.70. The second-order valence-electron chi connectivity index (χ2n) is 13.0. The number of benzene rings is 3. The average molecular weight is 689 g/mol. The number of rotatable bonds is 28.